The van der Waals surface area contributed by atoms with Crippen molar-refractivity contribution in [3.05, 3.63) is 71.3 Å². The first-order valence-electron chi connectivity index (χ1n) is 9.36. The summed E-state index contributed by atoms with van der Waals surface area (Å²) < 4.78 is 0. The number of aryl methyl sites for hydroxylation is 1. The molecule has 1 saturated heterocycles. The summed E-state index contributed by atoms with van der Waals surface area (Å²) in [6, 6.07) is 16.5. The highest BCUT2D eigenvalue weighted by Gasteiger charge is 2.51. The van der Waals surface area contributed by atoms with Gasteiger partial charge in [0, 0.05) is 13.6 Å². The molecule has 1 atom stereocenters. The summed E-state index contributed by atoms with van der Waals surface area (Å²) in [6.07, 6.45) is 0.408. The molecule has 4 amide bonds. The summed E-state index contributed by atoms with van der Waals surface area (Å²) in [5.74, 6) is -0.674. The van der Waals surface area contributed by atoms with Gasteiger partial charge in [-0.25, -0.2) is 4.79 Å². The van der Waals surface area contributed by atoms with Crippen molar-refractivity contribution in [1.29, 1.82) is 0 Å². The van der Waals surface area contributed by atoms with Crippen molar-refractivity contribution in [3.8, 4) is 0 Å². The van der Waals surface area contributed by atoms with Gasteiger partial charge in [0.1, 0.15) is 12.1 Å². The molecule has 0 aliphatic carbocycles. The number of hydrogen-bond acceptors (Lipinski definition) is 3. The van der Waals surface area contributed by atoms with Gasteiger partial charge >= 0.3 is 6.03 Å². The molecule has 0 spiro atoms. The molecular formula is C22H25N3O3. The largest absolute Gasteiger partial charge is 0.340 e. The van der Waals surface area contributed by atoms with Crippen molar-refractivity contribution in [1.82, 2.24) is 15.1 Å². The van der Waals surface area contributed by atoms with Crippen LogP contribution in [-0.4, -0.2) is 41.2 Å². The van der Waals surface area contributed by atoms with Crippen molar-refractivity contribution in [2.75, 3.05) is 13.6 Å². The van der Waals surface area contributed by atoms with Gasteiger partial charge in [-0.1, -0.05) is 67.1 Å². The number of carbonyl (C=O) groups excluding carboxylic acids is 3. The number of carbonyl (C=O) groups is 3. The van der Waals surface area contributed by atoms with Crippen LogP contribution in [0.2, 0.25) is 0 Å². The van der Waals surface area contributed by atoms with Gasteiger partial charge < -0.3 is 10.2 Å². The molecule has 0 saturated carbocycles. The molecule has 2 aromatic carbocycles. The van der Waals surface area contributed by atoms with Crippen molar-refractivity contribution in [3.63, 3.8) is 0 Å². The monoisotopic (exact) mass is 379 g/mol. The molecule has 0 radical (unpaired) electrons. The van der Waals surface area contributed by atoms with Gasteiger partial charge in [0.25, 0.3) is 5.91 Å². The van der Waals surface area contributed by atoms with Gasteiger partial charge in [-0.3, -0.25) is 14.5 Å². The van der Waals surface area contributed by atoms with E-state index in [1.54, 1.807) is 7.05 Å². The van der Waals surface area contributed by atoms with Crippen LogP contribution >= 0.6 is 0 Å². The highest BCUT2D eigenvalue weighted by molar-refractivity contribution is 6.09. The lowest BCUT2D eigenvalue weighted by Crippen LogP contribution is -2.45. The Labute approximate surface area is 165 Å². The third-order valence-corrected chi connectivity index (χ3v) is 5.23. The van der Waals surface area contributed by atoms with E-state index in [2.05, 4.69) is 5.32 Å². The number of imide groups is 1. The predicted molar refractivity (Wildman–Crippen MR) is 106 cm³/mol. The molecule has 1 N–H and O–H groups in total. The molecule has 146 valence electrons. The van der Waals surface area contributed by atoms with Crippen LogP contribution in [0.5, 0.6) is 0 Å². The molecule has 1 unspecified atom stereocenters. The Morgan fingerprint density at radius 1 is 1.07 bits per heavy atom. The summed E-state index contributed by atoms with van der Waals surface area (Å²) in [5.41, 5.74) is 1.74. The van der Waals surface area contributed by atoms with Crippen molar-refractivity contribution in [2.24, 2.45) is 0 Å². The predicted octanol–water partition coefficient (Wildman–Crippen LogP) is 2.81. The van der Waals surface area contributed by atoms with E-state index in [-0.39, 0.29) is 18.4 Å². The van der Waals surface area contributed by atoms with Crippen LogP contribution in [-0.2, 0) is 21.7 Å². The summed E-state index contributed by atoms with van der Waals surface area (Å²) in [7, 11) is 1.67. The minimum Gasteiger partial charge on any atom is -0.340 e. The Bertz CT molecular complexity index is 880. The second-order valence-electron chi connectivity index (χ2n) is 7.18. The van der Waals surface area contributed by atoms with E-state index >= 15 is 0 Å². The van der Waals surface area contributed by atoms with Crippen LogP contribution in [0.4, 0.5) is 4.79 Å². The molecule has 1 aliphatic heterocycles. The Hall–Kier alpha value is -3.15. The van der Waals surface area contributed by atoms with Gasteiger partial charge in [-0.15, -0.1) is 0 Å². The maximum absolute atomic E-state index is 13.1. The minimum absolute atomic E-state index is 0.276. The first kappa shape index (κ1) is 19.6. The quantitative estimate of drug-likeness (QED) is 0.785. The van der Waals surface area contributed by atoms with E-state index in [0.717, 1.165) is 21.6 Å². The topological polar surface area (TPSA) is 69.7 Å². The van der Waals surface area contributed by atoms with Gasteiger partial charge in [-0.2, -0.15) is 0 Å². The van der Waals surface area contributed by atoms with Gasteiger partial charge in [0.2, 0.25) is 5.91 Å². The van der Waals surface area contributed by atoms with E-state index < -0.39 is 11.6 Å². The molecule has 0 bridgehead atoms. The van der Waals surface area contributed by atoms with Crippen LogP contribution in [0.25, 0.3) is 0 Å². The highest BCUT2D eigenvalue weighted by atomic mass is 16.2. The Morgan fingerprint density at radius 3 is 2.32 bits per heavy atom. The zero-order valence-corrected chi connectivity index (χ0v) is 16.4. The maximum Gasteiger partial charge on any atom is 0.325 e. The van der Waals surface area contributed by atoms with Crippen LogP contribution in [0.1, 0.15) is 30.0 Å². The SMILES string of the molecule is CCC1(c2ccccc2)NC(=O)N(CC(=O)N(C)Cc2ccc(C)cc2)C1=O. The number of hydrogen-bond donors (Lipinski definition) is 1. The fourth-order valence-electron chi connectivity index (χ4n) is 3.44. The van der Waals surface area contributed by atoms with Gasteiger partial charge in [0.05, 0.1) is 0 Å². The Kier molecular flexibility index (Phi) is 5.49. The van der Waals surface area contributed by atoms with Crippen LogP contribution in [0.15, 0.2) is 54.6 Å². The third kappa shape index (κ3) is 3.63. The summed E-state index contributed by atoms with van der Waals surface area (Å²) >= 11 is 0. The standard InChI is InChI=1S/C22H25N3O3/c1-4-22(18-8-6-5-7-9-18)20(27)25(21(28)23-22)15-19(26)24(3)14-17-12-10-16(2)11-13-17/h5-13H,4,14-15H2,1-3H3,(H,23,28). The number of nitrogens with zero attached hydrogens (tertiary/aromatic N) is 2. The van der Waals surface area contributed by atoms with Gasteiger partial charge in [-0.05, 0) is 24.5 Å². The number of urea groups is 1. The Morgan fingerprint density at radius 2 is 1.71 bits per heavy atom. The van der Waals surface area contributed by atoms with Crippen molar-refractivity contribution >= 4 is 17.8 Å². The average Bonchev–Trinajstić information content (AvgIpc) is 2.95. The molecule has 6 nitrogen and oxygen atoms in total. The lowest BCUT2D eigenvalue weighted by molar-refractivity contribution is -0.138. The molecule has 3 rings (SSSR count). The second-order valence-corrected chi connectivity index (χ2v) is 7.18. The molecule has 28 heavy (non-hydrogen) atoms. The van der Waals surface area contributed by atoms with Crippen LogP contribution in [0, 0.1) is 6.92 Å². The number of amides is 4. The third-order valence-electron chi connectivity index (χ3n) is 5.23. The summed E-state index contributed by atoms with van der Waals surface area (Å²) in [4.78, 5) is 40.8. The smallest absolute Gasteiger partial charge is 0.325 e. The number of nitrogens with one attached hydrogen (secondary N) is 1. The lowest BCUT2D eigenvalue weighted by Gasteiger charge is -2.26. The van der Waals surface area contributed by atoms with E-state index in [1.807, 2.05) is 68.4 Å². The van der Waals surface area contributed by atoms with Crippen molar-refractivity contribution < 1.29 is 14.4 Å². The Balaban J connectivity index is 1.73. The van der Waals surface area contributed by atoms with E-state index in [9.17, 15) is 14.4 Å². The molecule has 1 heterocycles. The average molecular weight is 379 g/mol. The van der Waals surface area contributed by atoms with Crippen molar-refractivity contribution in [2.45, 2.75) is 32.4 Å². The molecule has 2 aromatic rings. The second kappa shape index (κ2) is 7.84. The van der Waals surface area contributed by atoms with E-state index in [1.165, 1.54) is 4.90 Å². The zero-order chi connectivity index (χ0) is 20.3. The minimum atomic E-state index is -1.12. The molecule has 0 aromatic heterocycles. The maximum atomic E-state index is 13.1. The number of benzene rings is 2. The first-order chi connectivity index (χ1) is 13.4. The normalized spacial score (nSPS) is 18.9. The number of rotatable bonds is 6. The molecule has 1 fully saturated rings. The van der Waals surface area contributed by atoms with E-state index in [4.69, 9.17) is 0 Å². The summed E-state index contributed by atoms with van der Waals surface area (Å²) in [6.45, 7) is 3.99. The molecule has 1 aliphatic rings. The summed E-state index contributed by atoms with van der Waals surface area (Å²) in [5, 5.41) is 2.80. The van der Waals surface area contributed by atoms with E-state index in [0.29, 0.717) is 13.0 Å². The molecule has 6 heteroatoms. The van der Waals surface area contributed by atoms with Gasteiger partial charge in [0.15, 0.2) is 0 Å². The van der Waals surface area contributed by atoms with Crippen LogP contribution in [0.3, 0.4) is 0 Å². The fraction of sp³-hybridized carbons (Fsp3) is 0.318. The molecular weight excluding hydrogens is 354 g/mol. The van der Waals surface area contributed by atoms with Crippen LogP contribution < -0.4 is 5.32 Å². The zero-order valence-electron chi connectivity index (χ0n) is 16.4. The number of likely N-dealkylation sites (N-methyl/N-ethyl adjacent to an activating group) is 1. The fourth-order valence-corrected chi connectivity index (χ4v) is 3.44. The first-order valence-corrected chi connectivity index (χ1v) is 9.36. The lowest BCUT2D eigenvalue weighted by atomic mass is 9.87. The highest BCUT2D eigenvalue weighted by Crippen LogP contribution is 2.32.